The zero-order chi connectivity index (χ0) is 16.9. The number of benzene rings is 1. The summed E-state index contributed by atoms with van der Waals surface area (Å²) >= 11 is 6.03. The molecule has 2 N–H and O–H groups in total. The van der Waals surface area contributed by atoms with Gasteiger partial charge in [0, 0.05) is 12.1 Å². The molecule has 0 spiro atoms. The molecule has 0 radical (unpaired) electrons. The topological polar surface area (TPSA) is 75.6 Å². The third-order valence-electron chi connectivity index (χ3n) is 4.48. The Bertz CT molecular complexity index is 569. The Hall–Kier alpha value is -1.59. The Morgan fingerprint density at radius 3 is 2.65 bits per heavy atom. The number of halogens is 1. The van der Waals surface area contributed by atoms with Gasteiger partial charge in [-0.25, -0.2) is 4.79 Å². The highest BCUT2D eigenvalue weighted by atomic mass is 35.5. The molecule has 1 saturated carbocycles. The minimum absolute atomic E-state index is 0.0258. The molecule has 1 fully saturated rings. The molecule has 1 aliphatic carbocycles. The number of hydrogen-bond acceptors (Lipinski definition) is 3. The van der Waals surface area contributed by atoms with E-state index in [1.165, 1.54) is 7.11 Å². The van der Waals surface area contributed by atoms with E-state index in [-0.39, 0.29) is 12.5 Å². The fourth-order valence-corrected chi connectivity index (χ4v) is 3.43. The predicted octanol–water partition coefficient (Wildman–Crippen LogP) is 2.66. The van der Waals surface area contributed by atoms with Gasteiger partial charge in [-0.1, -0.05) is 36.6 Å². The molecule has 0 aliphatic heterocycles. The summed E-state index contributed by atoms with van der Waals surface area (Å²) < 4.78 is 4.86. The number of aliphatic carboxylic acids is 1. The zero-order valence-electron chi connectivity index (χ0n) is 13.2. The number of carboxylic acid groups (broad SMARTS) is 1. The third kappa shape index (κ3) is 4.45. The summed E-state index contributed by atoms with van der Waals surface area (Å²) in [5.74, 6) is -1.18. The minimum atomic E-state index is -1.08. The number of ether oxygens (including phenoxy) is 1. The molecule has 6 heteroatoms. The van der Waals surface area contributed by atoms with Crippen LogP contribution in [-0.4, -0.2) is 36.7 Å². The highest BCUT2D eigenvalue weighted by molar-refractivity contribution is 6.30. The van der Waals surface area contributed by atoms with Gasteiger partial charge in [0.05, 0.1) is 12.0 Å². The molecule has 126 valence electrons. The summed E-state index contributed by atoms with van der Waals surface area (Å²) in [5.41, 5.74) is 0.539. The molecule has 0 heterocycles. The number of hydrogen-bond donors (Lipinski definition) is 2. The van der Waals surface area contributed by atoms with Crippen LogP contribution in [0.25, 0.3) is 0 Å². The average Bonchev–Trinajstić information content (AvgIpc) is 2.97. The number of carbonyl (C=O) groups is 2. The number of nitrogens with one attached hydrogen (secondary N) is 1. The zero-order valence-corrected chi connectivity index (χ0v) is 13.9. The molecule has 2 rings (SSSR count). The van der Waals surface area contributed by atoms with Crippen molar-refractivity contribution in [3.63, 3.8) is 0 Å². The second-order valence-corrected chi connectivity index (χ2v) is 6.50. The summed E-state index contributed by atoms with van der Waals surface area (Å²) in [6, 6.07) is 7.53. The lowest BCUT2D eigenvalue weighted by molar-refractivity contribution is -0.148. The summed E-state index contributed by atoms with van der Waals surface area (Å²) in [5, 5.41) is 12.4. The molecule has 1 aromatic carbocycles. The van der Waals surface area contributed by atoms with Crippen molar-refractivity contribution >= 4 is 23.5 Å². The molecule has 23 heavy (non-hydrogen) atoms. The molecule has 1 aliphatic rings. The second kappa shape index (κ2) is 7.79. The number of methoxy groups -OCH3 is 1. The average molecular weight is 340 g/mol. The van der Waals surface area contributed by atoms with Crippen LogP contribution in [0, 0.1) is 5.41 Å². The van der Waals surface area contributed by atoms with Crippen molar-refractivity contribution in [3.8, 4) is 0 Å². The van der Waals surface area contributed by atoms with Crippen molar-refractivity contribution in [1.29, 1.82) is 0 Å². The minimum Gasteiger partial charge on any atom is -0.479 e. The van der Waals surface area contributed by atoms with Gasteiger partial charge in [0.25, 0.3) is 0 Å². The van der Waals surface area contributed by atoms with Gasteiger partial charge in [-0.05, 0) is 37.0 Å². The van der Waals surface area contributed by atoms with Crippen LogP contribution in [0.15, 0.2) is 24.3 Å². The van der Waals surface area contributed by atoms with Gasteiger partial charge in [0.2, 0.25) is 5.91 Å². The molecule has 0 saturated heterocycles. The van der Waals surface area contributed by atoms with Gasteiger partial charge >= 0.3 is 5.97 Å². The first kappa shape index (κ1) is 17.8. The van der Waals surface area contributed by atoms with Crippen LogP contribution in [0.2, 0.25) is 5.02 Å². The molecule has 0 bridgehead atoms. The lowest BCUT2D eigenvalue weighted by atomic mass is 9.79. The van der Waals surface area contributed by atoms with Gasteiger partial charge in [0.1, 0.15) is 0 Å². The molecular formula is C17H22ClNO4. The Morgan fingerprint density at radius 2 is 2.09 bits per heavy atom. The number of rotatable bonds is 7. The van der Waals surface area contributed by atoms with Gasteiger partial charge < -0.3 is 15.2 Å². The van der Waals surface area contributed by atoms with E-state index in [4.69, 9.17) is 21.4 Å². The van der Waals surface area contributed by atoms with E-state index in [0.717, 1.165) is 31.2 Å². The first-order valence-electron chi connectivity index (χ1n) is 7.75. The molecule has 0 aromatic heterocycles. The first-order chi connectivity index (χ1) is 11.0. The van der Waals surface area contributed by atoms with E-state index >= 15 is 0 Å². The van der Waals surface area contributed by atoms with E-state index in [1.807, 2.05) is 24.3 Å². The monoisotopic (exact) mass is 339 g/mol. The fraction of sp³-hybridized carbons (Fsp3) is 0.529. The maximum Gasteiger partial charge on any atom is 0.334 e. The van der Waals surface area contributed by atoms with Crippen molar-refractivity contribution in [3.05, 3.63) is 34.9 Å². The SMILES string of the molecule is COC(CNC(=O)C1(Cc2cccc(Cl)c2)CCCC1)C(=O)O. The van der Waals surface area contributed by atoms with E-state index in [0.29, 0.717) is 11.4 Å². The maximum atomic E-state index is 12.7. The lowest BCUT2D eigenvalue weighted by Gasteiger charge is -2.28. The highest BCUT2D eigenvalue weighted by Gasteiger charge is 2.41. The van der Waals surface area contributed by atoms with Gasteiger partial charge in [-0.3, -0.25) is 4.79 Å². The smallest absolute Gasteiger partial charge is 0.334 e. The van der Waals surface area contributed by atoms with Crippen LogP contribution >= 0.6 is 11.6 Å². The largest absolute Gasteiger partial charge is 0.479 e. The molecule has 1 atom stereocenters. The molecule has 5 nitrogen and oxygen atoms in total. The van der Waals surface area contributed by atoms with Crippen molar-refractivity contribution in [2.24, 2.45) is 5.41 Å². The normalized spacial score (nSPS) is 17.7. The van der Waals surface area contributed by atoms with Crippen LogP contribution in [-0.2, 0) is 20.7 Å². The van der Waals surface area contributed by atoms with Gasteiger partial charge in [-0.15, -0.1) is 0 Å². The first-order valence-corrected chi connectivity index (χ1v) is 8.13. The standard InChI is InChI=1S/C17H22ClNO4/c1-23-14(15(20)21)11-19-16(22)17(7-2-3-8-17)10-12-5-4-6-13(18)9-12/h4-6,9,14H,2-3,7-8,10-11H2,1H3,(H,19,22)(H,20,21). The molecule has 1 unspecified atom stereocenters. The Labute approximate surface area is 141 Å². The van der Waals surface area contributed by atoms with Crippen LogP contribution in [0.3, 0.4) is 0 Å². The van der Waals surface area contributed by atoms with Crippen LogP contribution in [0.4, 0.5) is 0 Å². The van der Waals surface area contributed by atoms with Crippen LogP contribution in [0.1, 0.15) is 31.2 Å². The van der Waals surface area contributed by atoms with E-state index < -0.39 is 17.5 Å². The molecule has 1 aromatic rings. The Kier molecular flexibility index (Phi) is 6.02. The van der Waals surface area contributed by atoms with E-state index in [9.17, 15) is 9.59 Å². The molecule has 1 amide bonds. The Balaban J connectivity index is 2.07. The highest BCUT2D eigenvalue weighted by Crippen LogP contribution is 2.41. The van der Waals surface area contributed by atoms with Crippen molar-refractivity contribution < 1.29 is 19.4 Å². The summed E-state index contributed by atoms with van der Waals surface area (Å²) in [4.78, 5) is 23.7. The number of carbonyl (C=O) groups excluding carboxylic acids is 1. The van der Waals surface area contributed by atoms with Gasteiger partial charge in [-0.2, -0.15) is 0 Å². The Morgan fingerprint density at radius 1 is 1.39 bits per heavy atom. The van der Waals surface area contributed by atoms with E-state index in [2.05, 4.69) is 5.32 Å². The summed E-state index contributed by atoms with van der Waals surface area (Å²) in [7, 11) is 1.32. The second-order valence-electron chi connectivity index (χ2n) is 6.07. The van der Waals surface area contributed by atoms with Crippen LogP contribution in [0.5, 0.6) is 0 Å². The van der Waals surface area contributed by atoms with Crippen LogP contribution < -0.4 is 5.32 Å². The number of carboxylic acids is 1. The maximum absolute atomic E-state index is 12.7. The van der Waals surface area contributed by atoms with E-state index in [1.54, 1.807) is 0 Å². The number of amides is 1. The third-order valence-corrected chi connectivity index (χ3v) is 4.72. The predicted molar refractivity (Wildman–Crippen MR) is 87.5 cm³/mol. The molecular weight excluding hydrogens is 318 g/mol. The summed E-state index contributed by atoms with van der Waals surface area (Å²) in [6.07, 6.45) is 3.20. The van der Waals surface area contributed by atoms with Crippen molar-refractivity contribution in [2.45, 2.75) is 38.2 Å². The summed E-state index contributed by atoms with van der Waals surface area (Å²) in [6.45, 7) is -0.0258. The quantitative estimate of drug-likeness (QED) is 0.800. The fourth-order valence-electron chi connectivity index (χ4n) is 3.22. The van der Waals surface area contributed by atoms with Gasteiger partial charge in [0.15, 0.2) is 6.10 Å². The van der Waals surface area contributed by atoms with Crippen molar-refractivity contribution in [1.82, 2.24) is 5.32 Å². The van der Waals surface area contributed by atoms with Crippen molar-refractivity contribution in [2.75, 3.05) is 13.7 Å². The lowest BCUT2D eigenvalue weighted by Crippen LogP contribution is -2.45.